The van der Waals surface area contributed by atoms with Gasteiger partial charge in [-0.05, 0) is 11.8 Å². The minimum Gasteiger partial charge on any atom is -0.311 e. The van der Waals surface area contributed by atoms with Crippen LogP contribution in [0.4, 0.5) is 0 Å². The van der Waals surface area contributed by atoms with E-state index in [1.165, 1.54) is 6.42 Å². The van der Waals surface area contributed by atoms with Crippen molar-refractivity contribution in [1.29, 1.82) is 0 Å². The lowest BCUT2D eigenvalue weighted by atomic mass is 9.92. The topological polar surface area (TPSA) is 15.3 Å². The maximum absolute atomic E-state index is 5.65. The average molecular weight is 259 g/mol. The molecule has 1 heterocycles. The van der Waals surface area contributed by atoms with Crippen molar-refractivity contribution in [2.75, 3.05) is 19.6 Å². The van der Waals surface area contributed by atoms with Crippen LogP contribution in [0, 0.1) is 11.8 Å². The molecular weight excluding hydrogens is 232 g/mol. The van der Waals surface area contributed by atoms with Gasteiger partial charge in [-0.15, -0.1) is 0 Å². The maximum atomic E-state index is 5.65. The van der Waals surface area contributed by atoms with Crippen molar-refractivity contribution in [1.82, 2.24) is 10.2 Å². The molecule has 1 aliphatic heterocycles. The Kier molecular flexibility index (Phi) is 6.53. The van der Waals surface area contributed by atoms with Crippen molar-refractivity contribution in [3.63, 3.8) is 0 Å². The van der Waals surface area contributed by atoms with Gasteiger partial charge in [0.25, 0.3) is 0 Å². The lowest BCUT2D eigenvalue weighted by molar-refractivity contribution is 0.0934. The highest BCUT2D eigenvalue weighted by Crippen LogP contribution is 2.19. The summed E-state index contributed by atoms with van der Waals surface area (Å²) in [6, 6.07) is 1.25. The average Bonchev–Trinajstić information content (AvgIpc) is 2.34. The third-order valence-corrected chi connectivity index (χ3v) is 4.20. The monoisotopic (exact) mass is 258 g/mol. The Morgan fingerprint density at radius 2 is 2.12 bits per heavy atom. The molecule has 0 aromatic carbocycles. The van der Waals surface area contributed by atoms with E-state index in [-0.39, 0.29) is 0 Å². The molecule has 0 spiro atoms. The van der Waals surface area contributed by atoms with Crippen LogP contribution >= 0.6 is 11.6 Å². The van der Waals surface area contributed by atoms with E-state index in [1.54, 1.807) is 5.54 Å². The van der Waals surface area contributed by atoms with Gasteiger partial charge >= 0.3 is 0 Å². The van der Waals surface area contributed by atoms with E-state index in [9.17, 15) is 0 Å². The molecule has 3 heteroatoms. The van der Waals surface area contributed by atoms with Crippen LogP contribution in [-0.2, 0) is 0 Å². The van der Waals surface area contributed by atoms with Gasteiger partial charge in [0.05, 0.1) is 0 Å². The zero-order chi connectivity index (χ0) is 12.8. The predicted octanol–water partition coefficient (Wildman–Crippen LogP) is 3.08. The molecule has 0 saturated carbocycles. The summed E-state index contributed by atoms with van der Waals surface area (Å²) in [5, 5.41) is 3.71. The van der Waals surface area contributed by atoms with E-state index in [0.717, 1.165) is 25.6 Å². The zero-order valence-electron chi connectivity index (χ0n) is 11.6. The molecule has 0 amide bonds. The van der Waals surface area contributed by atoms with Crippen LogP contribution in [0.15, 0.2) is 11.6 Å². The van der Waals surface area contributed by atoms with Gasteiger partial charge in [-0.3, -0.25) is 4.90 Å². The van der Waals surface area contributed by atoms with E-state index >= 15 is 0 Å². The van der Waals surface area contributed by atoms with Crippen molar-refractivity contribution in [3.05, 3.63) is 11.6 Å². The van der Waals surface area contributed by atoms with Crippen molar-refractivity contribution in [2.45, 2.75) is 46.2 Å². The molecule has 0 aliphatic carbocycles. The number of hydrogen-bond donors (Lipinski definition) is 1. The highest BCUT2D eigenvalue weighted by molar-refractivity contribution is 6.25. The Bertz CT molecular complexity index is 240. The number of rotatable bonds is 5. The van der Waals surface area contributed by atoms with Gasteiger partial charge in [0.15, 0.2) is 0 Å². The number of piperazine rings is 1. The molecule has 100 valence electrons. The summed E-state index contributed by atoms with van der Waals surface area (Å²) >= 11 is 5.65. The van der Waals surface area contributed by atoms with Crippen molar-refractivity contribution >= 4 is 11.6 Å². The smallest absolute Gasteiger partial charge is 0.0247 e. The first kappa shape index (κ1) is 15.0. The van der Waals surface area contributed by atoms with Crippen LogP contribution in [0.25, 0.3) is 0 Å². The Morgan fingerprint density at radius 1 is 1.41 bits per heavy atom. The SMILES string of the molecule is CCC(C)C1CN(C/C=C/Cl)C(C(C)C)CN1. The highest BCUT2D eigenvalue weighted by Gasteiger charge is 2.30. The first-order valence-electron chi connectivity index (χ1n) is 6.82. The Hall–Kier alpha value is -0.0500. The summed E-state index contributed by atoms with van der Waals surface area (Å²) < 4.78 is 0. The largest absolute Gasteiger partial charge is 0.311 e. The van der Waals surface area contributed by atoms with Gasteiger partial charge in [0, 0.05) is 37.3 Å². The number of hydrogen-bond acceptors (Lipinski definition) is 2. The molecule has 0 radical (unpaired) electrons. The van der Waals surface area contributed by atoms with E-state index in [2.05, 4.69) is 44.0 Å². The lowest BCUT2D eigenvalue weighted by Gasteiger charge is -2.43. The summed E-state index contributed by atoms with van der Waals surface area (Å²) in [6.07, 6.45) is 3.29. The van der Waals surface area contributed by atoms with Gasteiger partial charge in [-0.2, -0.15) is 0 Å². The van der Waals surface area contributed by atoms with E-state index in [1.807, 2.05) is 0 Å². The zero-order valence-corrected chi connectivity index (χ0v) is 12.4. The van der Waals surface area contributed by atoms with Crippen molar-refractivity contribution in [2.24, 2.45) is 11.8 Å². The summed E-state index contributed by atoms with van der Waals surface area (Å²) in [5.41, 5.74) is 1.64. The fraction of sp³-hybridized carbons (Fsp3) is 0.857. The molecule has 3 atom stereocenters. The minimum absolute atomic E-state index is 0.624. The highest BCUT2D eigenvalue weighted by atomic mass is 35.5. The van der Waals surface area contributed by atoms with E-state index < -0.39 is 0 Å². The molecule has 3 unspecified atom stereocenters. The van der Waals surface area contributed by atoms with Gasteiger partial charge in [0.1, 0.15) is 0 Å². The Balaban J connectivity index is 2.62. The summed E-state index contributed by atoms with van der Waals surface area (Å²) in [6.45, 7) is 12.4. The quantitative estimate of drug-likeness (QED) is 0.815. The Morgan fingerprint density at radius 3 is 2.65 bits per heavy atom. The second-order valence-corrected chi connectivity index (χ2v) is 5.78. The number of nitrogens with one attached hydrogen (secondary N) is 1. The van der Waals surface area contributed by atoms with Crippen molar-refractivity contribution < 1.29 is 0 Å². The molecule has 1 aliphatic rings. The third kappa shape index (κ3) is 4.27. The normalized spacial score (nSPS) is 29.1. The molecule has 0 aromatic rings. The van der Waals surface area contributed by atoms with Crippen LogP contribution in [-0.4, -0.2) is 36.6 Å². The first-order chi connectivity index (χ1) is 8.10. The molecule has 1 saturated heterocycles. The van der Waals surface area contributed by atoms with E-state index in [4.69, 9.17) is 11.6 Å². The van der Waals surface area contributed by atoms with Gasteiger partial charge < -0.3 is 5.32 Å². The maximum Gasteiger partial charge on any atom is 0.0247 e. The molecule has 1 N–H and O–H groups in total. The molecule has 1 fully saturated rings. The molecule has 17 heavy (non-hydrogen) atoms. The molecule has 2 nitrogen and oxygen atoms in total. The fourth-order valence-corrected chi connectivity index (χ4v) is 2.64. The van der Waals surface area contributed by atoms with Gasteiger partial charge in [-0.25, -0.2) is 0 Å². The van der Waals surface area contributed by atoms with Crippen LogP contribution < -0.4 is 5.32 Å². The van der Waals surface area contributed by atoms with Crippen LogP contribution in [0.2, 0.25) is 0 Å². The lowest BCUT2D eigenvalue weighted by Crippen LogP contribution is -2.59. The van der Waals surface area contributed by atoms with Crippen LogP contribution in [0.3, 0.4) is 0 Å². The van der Waals surface area contributed by atoms with E-state index in [0.29, 0.717) is 18.0 Å². The van der Waals surface area contributed by atoms with Crippen molar-refractivity contribution in [3.8, 4) is 0 Å². The summed E-state index contributed by atoms with van der Waals surface area (Å²) in [4.78, 5) is 2.57. The Labute approximate surface area is 111 Å². The van der Waals surface area contributed by atoms with Gasteiger partial charge in [-0.1, -0.05) is 51.8 Å². The number of halogens is 1. The van der Waals surface area contributed by atoms with Crippen LogP contribution in [0.5, 0.6) is 0 Å². The first-order valence-corrected chi connectivity index (χ1v) is 7.26. The third-order valence-electron chi connectivity index (χ3n) is 4.02. The second-order valence-electron chi connectivity index (χ2n) is 5.53. The minimum atomic E-state index is 0.624. The molecule has 1 rings (SSSR count). The second kappa shape index (κ2) is 7.40. The molecule has 0 bridgehead atoms. The van der Waals surface area contributed by atoms with Gasteiger partial charge in [0.2, 0.25) is 0 Å². The summed E-state index contributed by atoms with van der Waals surface area (Å²) in [5.74, 6) is 1.43. The standard InChI is InChI=1S/C14H27ClN2/c1-5-12(4)13-10-17(8-6-7-15)14(9-16-13)11(2)3/h6-7,11-14,16H,5,8-10H2,1-4H3/b7-6+. The predicted molar refractivity (Wildman–Crippen MR) is 76.4 cm³/mol. The number of nitrogens with zero attached hydrogens (tertiary/aromatic N) is 1. The molecular formula is C14H27ClN2. The summed E-state index contributed by atoms with van der Waals surface area (Å²) in [7, 11) is 0. The molecule has 0 aromatic heterocycles. The fourth-order valence-electron chi connectivity index (χ4n) is 2.56. The van der Waals surface area contributed by atoms with Crippen LogP contribution in [0.1, 0.15) is 34.1 Å².